The van der Waals surface area contributed by atoms with Crippen molar-refractivity contribution in [3.63, 3.8) is 0 Å². The Balaban J connectivity index is 1.98. The standard InChI is InChI=1S/C19H23ClO2S/c1-19(2,3)23(21,22)14-17-8-6-15(7-9-17)4-5-16-10-12-18(20)13-11-16/h6-13H,4-5,14H2,1-3H3. The van der Waals surface area contributed by atoms with Gasteiger partial charge in [-0.05, 0) is 62.4 Å². The van der Waals surface area contributed by atoms with Crippen molar-refractivity contribution in [1.29, 1.82) is 0 Å². The maximum Gasteiger partial charge on any atom is 0.159 e. The van der Waals surface area contributed by atoms with Crippen LogP contribution in [-0.4, -0.2) is 13.2 Å². The highest BCUT2D eigenvalue weighted by molar-refractivity contribution is 7.91. The SMILES string of the molecule is CC(C)(C)S(=O)(=O)Cc1ccc(CCc2ccc(Cl)cc2)cc1. The van der Waals surface area contributed by atoms with E-state index >= 15 is 0 Å². The summed E-state index contributed by atoms with van der Waals surface area (Å²) in [5.74, 6) is 0.0912. The van der Waals surface area contributed by atoms with E-state index in [9.17, 15) is 8.42 Å². The maximum absolute atomic E-state index is 12.2. The summed E-state index contributed by atoms with van der Waals surface area (Å²) in [5, 5.41) is 0.748. The van der Waals surface area contributed by atoms with Crippen LogP contribution in [0.15, 0.2) is 48.5 Å². The van der Waals surface area contributed by atoms with Gasteiger partial charge in [0, 0.05) is 5.02 Å². The summed E-state index contributed by atoms with van der Waals surface area (Å²) in [5.41, 5.74) is 3.29. The Hall–Kier alpha value is -1.32. The van der Waals surface area contributed by atoms with E-state index in [2.05, 4.69) is 0 Å². The normalized spacial score (nSPS) is 12.3. The molecule has 0 bridgehead atoms. The Morgan fingerprint density at radius 3 is 1.61 bits per heavy atom. The number of benzene rings is 2. The summed E-state index contributed by atoms with van der Waals surface area (Å²) in [6.07, 6.45) is 1.87. The molecule has 23 heavy (non-hydrogen) atoms. The fourth-order valence-electron chi connectivity index (χ4n) is 2.18. The highest BCUT2D eigenvalue weighted by Crippen LogP contribution is 2.21. The molecule has 0 radical (unpaired) electrons. The largest absolute Gasteiger partial charge is 0.228 e. The summed E-state index contributed by atoms with van der Waals surface area (Å²) in [6.45, 7) is 5.22. The number of sulfone groups is 1. The zero-order valence-corrected chi connectivity index (χ0v) is 15.4. The predicted octanol–water partition coefficient (Wildman–Crippen LogP) is 4.84. The zero-order valence-electron chi connectivity index (χ0n) is 13.8. The molecular formula is C19H23ClO2S. The zero-order chi connectivity index (χ0) is 17.1. The molecule has 0 aromatic heterocycles. The summed E-state index contributed by atoms with van der Waals surface area (Å²) < 4.78 is 23.7. The van der Waals surface area contributed by atoms with Crippen LogP contribution in [0.5, 0.6) is 0 Å². The molecule has 0 saturated heterocycles. The van der Waals surface area contributed by atoms with Gasteiger partial charge in [-0.3, -0.25) is 0 Å². The number of halogens is 1. The number of hydrogen-bond donors (Lipinski definition) is 0. The van der Waals surface area contributed by atoms with Crippen LogP contribution in [0.25, 0.3) is 0 Å². The van der Waals surface area contributed by atoms with Crippen LogP contribution in [0, 0.1) is 0 Å². The molecule has 0 amide bonds. The van der Waals surface area contributed by atoms with Gasteiger partial charge in [0.15, 0.2) is 9.84 Å². The van der Waals surface area contributed by atoms with Crippen molar-refractivity contribution < 1.29 is 8.42 Å². The van der Waals surface area contributed by atoms with Crippen LogP contribution in [0.3, 0.4) is 0 Å². The van der Waals surface area contributed by atoms with Crippen LogP contribution in [0.4, 0.5) is 0 Å². The summed E-state index contributed by atoms with van der Waals surface area (Å²) in [4.78, 5) is 0. The van der Waals surface area contributed by atoms with Gasteiger partial charge in [-0.25, -0.2) is 8.42 Å². The highest BCUT2D eigenvalue weighted by Gasteiger charge is 2.28. The van der Waals surface area contributed by atoms with Gasteiger partial charge in [0.2, 0.25) is 0 Å². The second-order valence-electron chi connectivity index (χ2n) is 6.81. The van der Waals surface area contributed by atoms with Gasteiger partial charge in [-0.1, -0.05) is 48.0 Å². The Kier molecular flexibility index (Phi) is 5.53. The van der Waals surface area contributed by atoms with Gasteiger partial charge < -0.3 is 0 Å². The van der Waals surface area contributed by atoms with Gasteiger partial charge in [-0.2, -0.15) is 0 Å². The van der Waals surface area contributed by atoms with Crippen LogP contribution < -0.4 is 0 Å². The van der Waals surface area contributed by atoms with E-state index in [1.54, 1.807) is 20.8 Å². The first-order valence-corrected chi connectivity index (χ1v) is 9.75. The minimum atomic E-state index is -3.14. The Morgan fingerprint density at radius 1 is 0.783 bits per heavy atom. The average molecular weight is 351 g/mol. The second kappa shape index (κ2) is 7.06. The van der Waals surface area contributed by atoms with Crippen LogP contribution in [0.1, 0.15) is 37.5 Å². The van der Waals surface area contributed by atoms with Crippen molar-refractivity contribution in [2.24, 2.45) is 0 Å². The number of hydrogen-bond acceptors (Lipinski definition) is 2. The Morgan fingerprint density at radius 2 is 1.17 bits per heavy atom. The van der Waals surface area contributed by atoms with E-state index in [4.69, 9.17) is 11.6 Å². The van der Waals surface area contributed by atoms with Crippen molar-refractivity contribution in [2.45, 2.75) is 44.1 Å². The highest BCUT2D eigenvalue weighted by atomic mass is 35.5. The van der Waals surface area contributed by atoms with Crippen LogP contribution >= 0.6 is 11.6 Å². The van der Waals surface area contributed by atoms with E-state index in [-0.39, 0.29) is 5.75 Å². The van der Waals surface area contributed by atoms with Gasteiger partial charge in [0.25, 0.3) is 0 Å². The lowest BCUT2D eigenvalue weighted by molar-refractivity contribution is 0.559. The summed E-state index contributed by atoms with van der Waals surface area (Å²) >= 11 is 5.88. The van der Waals surface area contributed by atoms with Crippen molar-refractivity contribution in [3.05, 3.63) is 70.2 Å². The third kappa shape index (κ3) is 5.08. The summed E-state index contributed by atoms with van der Waals surface area (Å²) in [7, 11) is -3.14. The monoisotopic (exact) mass is 350 g/mol. The van der Waals surface area contributed by atoms with Gasteiger partial charge >= 0.3 is 0 Å². The molecule has 2 aromatic rings. The molecule has 0 aliphatic heterocycles. The third-order valence-electron chi connectivity index (χ3n) is 3.93. The van der Waals surface area contributed by atoms with Crippen LogP contribution in [0.2, 0.25) is 5.02 Å². The van der Waals surface area contributed by atoms with E-state index in [0.717, 1.165) is 23.4 Å². The smallest absolute Gasteiger partial charge is 0.159 e. The third-order valence-corrected chi connectivity index (χ3v) is 6.76. The van der Waals surface area contributed by atoms with E-state index in [1.165, 1.54) is 11.1 Å². The fourth-order valence-corrected chi connectivity index (χ4v) is 3.37. The molecule has 4 heteroatoms. The minimum absolute atomic E-state index is 0.0912. The molecule has 0 N–H and O–H groups in total. The molecule has 0 aliphatic rings. The first-order valence-electron chi connectivity index (χ1n) is 7.72. The number of rotatable bonds is 5. The van der Waals surface area contributed by atoms with Crippen LogP contribution in [-0.2, 0) is 28.4 Å². The maximum atomic E-state index is 12.2. The first kappa shape index (κ1) is 18.0. The lowest BCUT2D eigenvalue weighted by Gasteiger charge is -2.19. The van der Waals surface area contributed by atoms with Gasteiger partial charge in [0.1, 0.15) is 0 Å². The van der Waals surface area contributed by atoms with E-state index in [1.807, 2.05) is 48.5 Å². The minimum Gasteiger partial charge on any atom is -0.228 e. The summed E-state index contributed by atoms with van der Waals surface area (Å²) in [6, 6.07) is 15.7. The van der Waals surface area contributed by atoms with Crippen molar-refractivity contribution >= 4 is 21.4 Å². The topological polar surface area (TPSA) is 34.1 Å². The van der Waals surface area contributed by atoms with Gasteiger partial charge in [0.05, 0.1) is 10.5 Å². The molecule has 2 nitrogen and oxygen atoms in total. The molecule has 0 atom stereocenters. The average Bonchev–Trinajstić information content (AvgIpc) is 2.47. The van der Waals surface area contributed by atoms with Gasteiger partial charge in [-0.15, -0.1) is 0 Å². The molecule has 2 aromatic carbocycles. The molecule has 0 heterocycles. The lowest BCUT2D eigenvalue weighted by atomic mass is 10.0. The Bertz CT molecular complexity index is 739. The molecule has 124 valence electrons. The molecule has 0 spiro atoms. The molecule has 2 rings (SSSR count). The van der Waals surface area contributed by atoms with E-state index in [0.29, 0.717) is 0 Å². The number of aryl methyl sites for hydroxylation is 2. The van der Waals surface area contributed by atoms with Crippen molar-refractivity contribution in [2.75, 3.05) is 0 Å². The molecule has 0 fully saturated rings. The second-order valence-corrected chi connectivity index (χ2v) is 9.99. The molecule has 0 saturated carbocycles. The quantitative estimate of drug-likeness (QED) is 0.773. The van der Waals surface area contributed by atoms with Crippen molar-refractivity contribution in [1.82, 2.24) is 0 Å². The Labute approximate surface area is 144 Å². The molecule has 0 aliphatic carbocycles. The first-order chi connectivity index (χ1) is 10.7. The lowest BCUT2D eigenvalue weighted by Crippen LogP contribution is -2.29. The fraction of sp³-hybridized carbons (Fsp3) is 0.368. The molecular weight excluding hydrogens is 328 g/mol. The van der Waals surface area contributed by atoms with Crippen molar-refractivity contribution in [3.8, 4) is 0 Å². The molecule has 0 unspecified atom stereocenters. The van der Waals surface area contributed by atoms with E-state index < -0.39 is 14.6 Å². The predicted molar refractivity (Wildman–Crippen MR) is 97.7 cm³/mol.